The lowest BCUT2D eigenvalue weighted by Gasteiger charge is -2.14. The van der Waals surface area contributed by atoms with Gasteiger partial charge in [0, 0.05) is 23.4 Å². The molecule has 4 aromatic rings. The Labute approximate surface area is 196 Å². The minimum absolute atomic E-state index is 0.236. The minimum Gasteiger partial charge on any atom is -0.497 e. The maximum atomic E-state index is 13.3. The summed E-state index contributed by atoms with van der Waals surface area (Å²) in [5.41, 5.74) is 4.48. The Hall–Kier alpha value is -4.23. The summed E-state index contributed by atoms with van der Waals surface area (Å²) in [5.74, 6) is 0.413. The van der Waals surface area contributed by atoms with Crippen molar-refractivity contribution in [1.29, 1.82) is 0 Å². The van der Waals surface area contributed by atoms with Crippen molar-refractivity contribution in [3.8, 4) is 22.7 Å². The summed E-state index contributed by atoms with van der Waals surface area (Å²) in [7, 11) is 1.59. The van der Waals surface area contributed by atoms with Gasteiger partial charge in [-0.2, -0.15) is 5.10 Å². The van der Waals surface area contributed by atoms with E-state index in [1.807, 2.05) is 89.7 Å². The Morgan fingerprint density at radius 1 is 0.939 bits per heavy atom. The van der Waals surface area contributed by atoms with Gasteiger partial charge in [0.2, 0.25) is 0 Å². The zero-order chi connectivity index (χ0) is 22.8. The van der Waals surface area contributed by atoms with Gasteiger partial charge in [-0.25, -0.2) is 4.68 Å². The highest BCUT2D eigenvalue weighted by atomic mass is 32.1. The molecule has 0 spiro atoms. The zero-order valence-electron chi connectivity index (χ0n) is 17.8. The number of aromatic nitrogens is 2. The van der Waals surface area contributed by atoms with Gasteiger partial charge in [-0.3, -0.25) is 9.69 Å². The predicted octanol–water partition coefficient (Wildman–Crippen LogP) is 4.81. The van der Waals surface area contributed by atoms with Crippen LogP contribution in [0.25, 0.3) is 23.0 Å². The van der Waals surface area contributed by atoms with Crippen molar-refractivity contribution < 1.29 is 9.53 Å². The standard InChI is InChI=1S/C26H20N4O2S/c1-32-22-14-8-13-21(16-22)30-25(31)23(27-26(30)33)15-19-17-29(20-11-6-3-7-12-20)28-24(19)18-9-4-2-5-10-18/h2-17H,1H3,(H,27,33)/b23-15-. The second kappa shape index (κ2) is 8.72. The largest absolute Gasteiger partial charge is 0.497 e. The fourth-order valence-corrected chi connectivity index (χ4v) is 4.00. The number of nitrogens with one attached hydrogen (secondary N) is 1. The topological polar surface area (TPSA) is 59.4 Å². The average Bonchev–Trinajstić information content (AvgIpc) is 3.40. The SMILES string of the molecule is COc1cccc(N2C(=O)/C(=C/c3cn(-c4ccccc4)nc3-c3ccccc3)NC2=S)c1. The third-order valence-corrected chi connectivity index (χ3v) is 5.58. The lowest BCUT2D eigenvalue weighted by molar-refractivity contribution is -0.113. The molecule has 1 fully saturated rings. The number of ether oxygens (including phenoxy) is 1. The van der Waals surface area contributed by atoms with Crippen LogP contribution in [-0.2, 0) is 4.79 Å². The monoisotopic (exact) mass is 452 g/mol. The summed E-state index contributed by atoms with van der Waals surface area (Å²) in [6, 6.07) is 27.0. The third kappa shape index (κ3) is 4.02. The number of methoxy groups -OCH3 is 1. The second-order valence-electron chi connectivity index (χ2n) is 7.41. The number of para-hydroxylation sites is 1. The molecule has 1 aliphatic rings. The molecular weight excluding hydrogens is 432 g/mol. The van der Waals surface area contributed by atoms with Crippen molar-refractivity contribution in [2.24, 2.45) is 0 Å². The first-order valence-corrected chi connectivity index (χ1v) is 10.8. The Balaban J connectivity index is 1.56. The minimum atomic E-state index is -0.236. The van der Waals surface area contributed by atoms with Crippen LogP contribution in [-0.4, -0.2) is 27.9 Å². The summed E-state index contributed by atoms with van der Waals surface area (Å²) >= 11 is 5.47. The summed E-state index contributed by atoms with van der Waals surface area (Å²) in [5, 5.41) is 8.18. The van der Waals surface area contributed by atoms with E-state index in [0.29, 0.717) is 22.2 Å². The maximum Gasteiger partial charge on any atom is 0.281 e. The van der Waals surface area contributed by atoms with Gasteiger partial charge in [-0.05, 0) is 42.6 Å². The normalized spacial score (nSPS) is 14.6. The predicted molar refractivity (Wildman–Crippen MR) is 133 cm³/mol. The summed E-state index contributed by atoms with van der Waals surface area (Å²) in [6.45, 7) is 0. The number of hydrogen-bond acceptors (Lipinski definition) is 4. The number of carbonyl (C=O) groups excluding carboxylic acids is 1. The molecule has 1 saturated heterocycles. The van der Waals surface area contributed by atoms with Gasteiger partial charge in [-0.15, -0.1) is 0 Å². The van der Waals surface area contributed by atoms with Crippen molar-refractivity contribution in [2.45, 2.75) is 0 Å². The molecule has 1 aromatic heterocycles. The number of benzene rings is 3. The van der Waals surface area contributed by atoms with E-state index in [9.17, 15) is 4.79 Å². The summed E-state index contributed by atoms with van der Waals surface area (Å²) < 4.78 is 7.10. The van der Waals surface area contributed by atoms with Gasteiger partial charge in [0.1, 0.15) is 17.1 Å². The second-order valence-corrected chi connectivity index (χ2v) is 7.80. The molecule has 7 heteroatoms. The summed E-state index contributed by atoms with van der Waals surface area (Å²) in [4.78, 5) is 14.8. The van der Waals surface area contributed by atoms with Crippen molar-refractivity contribution in [3.63, 3.8) is 0 Å². The van der Waals surface area contributed by atoms with Crippen molar-refractivity contribution in [2.75, 3.05) is 12.0 Å². The molecule has 0 bridgehead atoms. The van der Waals surface area contributed by atoms with Crippen LogP contribution in [0.5, 0.6) is 5.75 Å². The van der Waals surface area contributed by atoms with Crippen molar-refractivity contribution in [3.05, 3.63) is 102 Å². The van der Waals surface area contributed by atoms with Crippen LogP contribution in [0.1, 0.15) is 5.56 Å². The number of amides is 1. The molecular formula is C26H20N4O2S. The van der Waals surface area contributed by atoms with E-state index in [4.69, 9.17) is 22.1 Å². The first kappa shape index (κ1) is 20.7. The van der Waals surface area contributed by atoms with Gasteiger partial charge >= 0.3 is 0 Å². The van der Waals surface area contributed by atoms with E-state index < -0.39 is 0 Å². The molecule has 0 unspecified atom stereocenters. The number of anilines is 1. The van der Waals surface area contributed by atoms with Crippen LogP contribution in [0, 0.1) is 0 Å². The van der Waals surface area contributed by atoms with Crippen LogP contribution >= 0.6 is 12.2 Å². The molecule has 162 valence electrons. The molecule has 1 amide bonds. The fraction of sp³-hybridized carbons (Fsp3) is 0.0385. The lowest BCUT2D eigenvalue weighted by atomic mass is 10.1. The van der Waals surface area contributed by atoms with Gasteiger partial charge in [-0.1, -0.05) is 54.6 Å². The maximum absolute atomic E-state index is 13.3. The molecule has 6 nitrogen and oxygen atoms in total. The smallest absolute Gasteiger partial charge is 0.281 e. The molecule has 33 heavy (non-hydrogen) atoms. The number of thiocarbonyl (C=S) groups is 1. The molecule has 0 saturated carbocycles. The molecule has 0 atom stereocenters. The van der Waals surface area contributed by atoms with E-state index in [1.54, 1.807) is 19.3 Å². The number of rotatable bonds is 5. The molecule has 0 aliphatic carbocycles. The molecule has 5 rings (SSSR count). The van der Waals surface area contributed by atoms with E-state index in [2.05, 4.69) is 5.32 Å². The highest BCUT2D eigenvalue weighted by molar-refractivity contribution is 7.80. The third-order valence-electron chi connectivity index (χ3n) is 5.30. The average molecular weight is 453 g/mol. The number of hydrogen-bond donors (Lipinski definition) is 1. The van der Waals surface area contributed by atoms with Crippen LogP contribution < -0.4 is 15.0 Å². The molecule has 3 aromatic carbocycles. The first-order valence-electron chi connectivity index (χ1n) is 10.4. The first-order chi connectivity index (χ1) is 16.1. The van der Waals surface area contributed by atoms with E-state index in [0.717, 1.165) is 22.5 Å². The Bertz CT molecular complexity index is 1360. The fourth-order valence-electron chi connectivity index (χ4n) is 3.70. The van der Waals surface area contributed by atoms with Gasteiger partial charge in [0.15, 0.2) is 5.11 Å². The highest BCUT2D eigenvalue weighted by Crippen LogP contribution is 2.29. The van der Waals surface area contributed by atoms with E-state index in [-0.39, 0.29) is 5.91 Å². The Morgan fingerprint density at radius 2 is 1.64 bits per heavy atom. The lowest BCUT2D eigenvalue weighted by Crippen LogP contribution is -2.30. The number of nitrogens with zero attached hydrogens (tertiary/aromatic N) is 3. The van der Waals surface area contributed by atoms with Gasteiger partial charge < -0.3 is 10.1 Å². The Kier molecular flexibility index (Phi) is 5.46. The molecule has 1 N–H and O–H groups in total. The van der Waals surface area contributed by atoms with Crippen LogP contribution in [0.3, 0.4) is 0 Å². The molecule has 2 heterocycles. The quantitative estimate of drug-likeness (QED) is 0.348. The molecule has 0 radical (unpaired) electrons. The van der Waals surface area contributed by atoms with E-state index in [1.165, 1.54) is 4.90 Å². The van der Waals surface area contributed by atoms with Crippen molar-refractivity contribution >= 4 is 35.0 Å². The highest BCUT2D eigenvalue weighted by Gasteiger charge is 2.32. The number of carbonyl (C=O) groups is 1. The van der Waals surface area contributed by atoms with Crippen molar-refractivity contribution in [1.82, 2.24) is 15.1 Å². The summed E-state index contributed by atoms with van der Waals surface area (Å²) in [6.07, 6.45) is 3.71. The van der Waals surface area contributed by atoms with Crippen LogP contribution in [0.15, 0.2) is 96.8 Å². The zero-order valence-corrected chi connectivity index (χ0v) is 18.6. The van der Waals surface area contributed by atoms with E-state index >= 15 is 0 Å². The van der Waals surface area contributed by atoms with Crippen LogP contribution in [0.4, 0.5) is 5.69 Å². The van der Waals surface area contributed by atoms with Gasteiger partial charge in [0.25, 0.3) is 5.91 Å². The Morgan fingerprint density at radius 3 is 2.36 bits per heavy atom. The van der Waals surface area contributed by atoms with Gasteiger partial charge in [0.05, 0.1) is 18.5 Å². The van der Waals surface area contributed by atoms with Crippen LogP contribution in [0.2, 0.25) is 0 Å². The molecule has 1 aliphatic heterocycles.